The summed E-state index contributed by atoms with van der Waals surface area (Å²) >= 11 is 2.84. The lowest BCUT2D eigenvalue weighted by Crippen LogP contribution is -2.30. The third kappa shape index (κ3) is 8.02. The summed E-state index contributed by atoms with van der Waals surface area (Å²) < 4.78 is 1.00. The average Bonchev–Trinajstić information content (AvgIpc) is 3.51. The van der Waals surface area contributed by atoms with Crippen molar-refractivity contribution < 1.29 is 14.4 Å². The van der Waals surface area contributed by atoms with Crippen molar-refractivity contribution in [1.29, 1.82) is 0 Å². The normalized spacial score (nSPS) is 11.9. The fourth-order valence-corrected chi connectivity index (χ4v) is 6.69. The van der Waals surface area contributed by atoms with Crippen molar-refractivity contribution in [1.82, 2.24) is 10.3 Å². The first kappa shape index (κ1) is 31.5. The number of rotatable bonds is 10. The van der Waals surface area contributed by atoms with Gasteiger partial charge in [0.1, 0.15) is 10.9 Å². The summed E-state index contributed by atoms with van der Waals surface area (Å²) in [5.74, 6) is -1.03. The smallest absolute Gasteiger partial charge is 0.272 e. The molecule has 0 aliphatic rings. The minimum Gasteiger partial charge on any atom is -0.321 e. The number of aromatic nitrogens is 1. The summed E-state index contributed by atoms with van der Waals surface area (Å²) in [7, 11) is 0. The summed E-state index contributed by atoms with van der Waals surface area (Å²) in [5.41, 5.74) is 4.57. The zero-order valence-electron chi connectivity index (χ0n) is 25.3. The highest BCUT2D eigenvalue weighted by atomic mass is 32.2. The minimum absolute atomic E-state index is 0.113. The summed E-state index contributed by atoms with van der Waals surface area (Å²) in [6.45, 7) is 1.94. The van der Waals surface area contributed by atoms with Crippen LogP contribution in [0.25, 0.3) is 16.3 Å². The molecule has 7 nitrogen and oxygen atoms in total. The molecule has 0 aliphatic heterocycles. The van der Waals surface area contributed by atoms with E-state index in [4.69, 9.17) is 0 Å². The molecule has 1 unspecified atom stereocenters. The van der Waals surface area contributed by atoms with Crippen molar-refractivity contribution in [2.75, 3.05) is 10.6 Å². The Hall–Kier alpha value is -5.51. The van der Waals surface area contributed by atoms with Crippen molar-refractivity contribution in [2.24, 2.45) is 0 Å². The summed E-state index contributed by atoms with van der Waals surface area (Å²) in [5, 5.41) is 8.69. The molecule has 0 aliphatic carbocycles. The van der Waals surface area contributed by atoms with Crippen LogP contribution in [0.4, 0.5) is 10.8 Å². The summed E-state index contributed by atoms with van der Waals surface area (Å²) in [6, 6.07) is 41.0. The van der Waals surface area contributed by atoms with E-state index in [1.807, 2.05) is 104 Å². The van der Waals surface area contributed by atoms with E-state index in [1.165, 1.54) is 23.1 Å². The molecule has 9 heteroatoms. The highest BCUT2D eigenvalue weighted by Gasteiger charge is 2.23. The quantitative estimate of drug-likeness (QED) is 0.102. The van der Waals surface area contributed by atoms with Crippen LogP contribution in [0.2, 0.25) is 0 Å². The number of carbonyl (C=O) groups is 3. The number of aryl methyl sites for hydroxylation is 1. The number of nitrogens with zero attached hydrogens (tertiary/aromatic N) is 1. The molecule has 47 heavy (non-hydrogen) atoms. The molecule has 1 atom stereocenters. The Kier molecular flexibility index (Phi) is 9.86. The number of nitrogens with one attached hydrogen (secondary N) is 3. The second kappa shape index (κ2) is 14.7. The number of para-hydroxylation sites is 1. The van der Waals surface area contributed by atoms with Crippen LogP contribution in [-0.4, -0.2) is 22.7 Å². The monoisotopic (exact) mass is 654 g/mol. The first-order chi connectivity index (χ1) is 22.9. The predicted molar refractivity (Wildman–Crippen MR) is 191 cm³/mol. The molecule has 3 N–H and O–H groups in total. The Morgan fingerprint density at radius 2 is 1.40 bits per heavy atom. The van der Waals surface area contributed by atoms with Gasteiger partial charge < -0.3 is 16.0 Å². The molecule has 0 bridgehead atoms. The number of fused-ring (bicyclic) bond motifs is 1. The number of benzene rings is 5. The standard InChI is InChI=1S/C38H30N4O3S2/c1-25-12-8-9-17-28(25)24-32(40-35(43)27-15-6-3-7-16-27)36(44)39-29-20-22-30(23-21-29)46-34(26-13-4-2-5-14-26)37(45)42-38-41-31-18-10-11-19-33(31)47-38/h2-24,34H,1H3,(H,39,44)(H,40,43)(H,41,42,45)/b32-24-. The number of hydrogen-bond donors (Lipinski definition) is 3. The second-order valence-corrected chi connectivity index (χ2v) is 12.8. The number of carbonyl (C=O) groups excluding carboxylic acids is 3. The summed E-state index contributed by atoms with van der Waals surface area (Å²) in [4.78, 5) is 45.5. The lowest BCUT2D eigenvalue weighted by Gasteiger charge is -2.17. The molecule has 0 radical (unpaired) electrons. The average molecular weight is 655 g/mol. The molecule has 0 fully saturated rings. The molecular formula is C38H30N4O3S2. The maximum absolute atomic E-state index is 13.6. The second-order valence-electron chi connectivity index (χ2n) is 10.6. The van der Waals surface area contributed by atoms with Crippen LogP contribution in [0.15, 0.2) is 144 Å². The van der Waals surface area contributed by atoms with E-state index in [-0.39, 0.29) is 17.5 Å². The molecule has 5 aromatic carbocycles. The number of thiazole rings is 1. The Bertz CT molecular complexity index is 2030. The number of hydrogen-bond acceptors (Lipinski definition) is 6. The lowest BCUT2D eigenvalue weighted by atomic mass is 10.1. The molecule has 0 saturated heterocycles. The van der Waals surface area contributed by atoms with Crippen molar-refractivity contribution in [2.45, 2.75) is 17.1 Å². The van der Waals surface area contributed by atoms with E-state index >= 15 is 0 Å². The maximum atomic E-state index is 13.6. The number of thioether (sulfide) groups is 1. The van der Waals surface area contributed by atoms with Crippen LogP contribution in [0.3, 0.4) is 0 Å². The Balaban J connectivity index is 1.19. The zero-order chi connectivity index (χ0) is 32.6. The molecular weight excluding hydrogens is 625 g/mol. The van der Waals surface area contributed by atoms with Gasteiger partial charge in [-0.05, 0) is 78.2 Å². The van der Waals surface area contributed by atoms with Gasteiger partial charge in [-0.3, -0.25) is 14.4 Å². The van der Waals surface area contributed by atoms with Gasteiger partial charge in [0.25, 0.3) is 11.8 Å². The molecule has 232 valence electrons. The van der Waals surface area contributed by atoms with Gasteiger partial charge >= 0.3 is 0 Å². The number of amides is 3. The SMILES string of the molecule is Cc1ccccc1/C=C(\NC(=O)c1ccccc1)C(=O)Nc1ccc(SC(C(=O)Nc2nc3ccccc3s2)c2ccccc2)cc1. The molecule has 0 spiro atoms. The Morgan fingerprint density at radius 1 is 0.745 bits per heavy atom. The fourth-order valence-electron chi connectivity index (χ4n) is 4.80. The maximum Gasteiger partial charge on any atom is 0.272 e. The lowest BCUT2D eigenvalue weighted by molar-refractivity contribution is -0.116. The molecule has 1 aromatic heterocycles. The van der Waals surface area contributed by atoms with Gasteiger partial charge in [0.05, 0.1) is 10.2 Å². The van der Waals surface area contributed by atoms with Crippen molar-refractivity contribution in [3.05, 3.63) is 161 Å². The minimum atomic E-state index is -0.541. The zero-order valence-corrected chi connectivity index (χ0v) is 27.0. The fraction of sp³-hybridized carbons (Fsp3) is 0.0526. The number of anilines is 2. The predicted octanol–water partition coefficient (Wildman–Crippen LogP) is 8.49. The van der Waals surface area contributed by atoms with Gasteiger partial charge in [0.15, 0.2) is 5.13 Å². The molecule has 1 heterocycles. The highest BCUT2D eigenvalue weighted by Crippen LogP contribution is 2.37. The van der Waals surface area contributed by atoms with Crippen molar-refractivity contribution >= 4 is 67.9 Å². The van der Waals surface area contributed by atoms with Crippen molar-refractivity contribution in [3.8, 4) is 0 Å². The van der Waals surface area contributed by atoms with Crippen LogP contribution >= 0.6 is 23.1 Å². The van der Waals surface area contributed by atoms with Gasteiger partial charge in [-0.1, -0.05) is 96.3 Å². The van der Waals surface area contributed by atoms with Crippen LogP contribution in [0.5, 0.6) is 0 Å². The highest BCUT2D eigenvalue weighted by molar-refractivity contribution is 8.00. The third-order valence-corrected chi connectivity index (χ3v) is 9.47. The van der Waals surface area contributed by atoms with Gasteiger partial charge in [-0.2, -0.15) is 0 Å². The first-order valence-electron chi connectivity index (χ1n) is 14.9. The molecule has 3 amide bonds. The summed E-state index contributed by atoms with van der Waals surface area (Å²) in [6.07, 6.45) is 1.67. The van der Waals surface area contributed by atoms with Crippen LogP contribution < -0.4 is 16.0 Å². The Morgan fingerprint density at radius 3 is 2.13 bits per heavy atom. The van der Waals surface area contributed by atoms with Crippen molar-refractivity contribution in [3.63, 3.8) is 0 Å². The van der Waals surface area contributed by atoms with Crippen LogP contribution in [0, 0.1) is 6.92 Å². The van der Waals surface area contributed by atoms with Gasteiger partial charge in [-0.15, -0.1) is 11.8 Å². The topological polar surface area (TPSA) is 100 Å². The van der Waals surface area contributed by atoms with E-state index in [2.05, 4.69) is 20.9 Å². The van der Waals surface area contributed by atoms with E-state index in [9.17, 15) is 14.4 Å². The van der Waals surface area contributed by atoms with E-state index < -0.39 is 11.2 Å². The van der Waals surface area contributed by atoms with Crippen LogP contribution in [0.1, 0.15) is 32.3 Å². The van der Waals surface area contributed by atoms with E-state index in [0.29, 0.717) is 16.4 Å². The first-order valence-corrected chi connectivity index (χ1v) is 16.6. The van der Waals surface area contributed by atoms with Gasteiger partial charge in [-0.25, -0.2) is 4.98 Å². The Labute approximate surface area is 280 Å². The van der Waals surface area contributed by atoms with Crippen LogP contribution in [-0.2, 0) is 9.59 Å². The molecule has 0 saturated carbocycles. The van der Waals surface area contributed by atoms with E-state index in [1.54, 1.807) is 42.5 Å². The van der Waals surface area contributed by atoms with Gasteiger partial charge in [0.2, 0.25) is 5.91 Å². The molecule has 6 aromatic rings. The largest absolute Gasteiger partial charge is 0.321 e. The third-order valence-electron chi connectivity index (χ3n) is 7.25. The van der Waals surface area contributed by atoms with Gasteiger partial charge in [0, 0.05) is 16.1 Å². The van der Waals surface area contributed by atoms with E-state index in [0.717, 1.165) is 31.8 Å². The molecule has 6 rings (SSSR count).